The fourth-order valence-electron chi connectivity index (χ4n) is 4.33. The van der Waals surface area contributed by atoms with Crippen molar-refractivity contribution < 1.29 is 12.4 Å². The number of fused-ring (bicyclic) bond motifs is 2. The fraction of sp³-hybridized carbons (Fsp3) is 0.188. The predicted molar refractivity (Wildman–Crippen MR) is 190 cm³/mol. The number of rotatable bonds is 5. The third kappa shape index (κ3) is 7.89. The van der Waals surface area contributed by atoms with E-state index in [4.69, 9.17) is 63.3 Å². The summed E-state index contributed by atoms with van der Waals surface area (Å²) in [5, 5.41) is 31.3. The van der Waals surface area contributed by atoms with Gasteiger partial charge in [-0.3, -0.25) is 0 Å². The second-order valence-electron chi connectivity index (χ2n) is 9.66. The maximum Gasteiger partial charge on any atom is 0.176 e. The summed E-state index contributed by atoms with van der Waals surface area (Å²) in [6.07, 6.45) is 2.88. The van der Waals surface area contributed by atoms with Gasteiger partial charge in [0.2, 0.25) is 0 Å². The molecular formula is C32H27Cl6N10-. The predicted octanol–water partition coefficient (Wildman–Crippen LogP) is 5.49. The van der Waals surface area contributed by atoms with Crippen molar-refractivity contribution in [2.45, 2.75) is 13.8 Å². The summed E-state index contributed by atoms with van der Waals surface area (Å²) in [7, 11) is 3.86. The van der Waals surface area contributed by atoms with Gasteiger partial charge in [-0.25, -0.2) is 14.5 Å². The van der Waals surface area contributed by atoms with Crippen molar-refractivity contribution in [2.75, 3.05) is 32.1 Å². The van der Waals surface area contributed by atoms with Crippen molar-refractivity contribution >= 4 is 75.1 Å². The number of benzene rings is 2. The van der Waals surface area contributed by atoms with Gasteiger partial charge < -0.3 is 22.6 Å². The van der Waals surface area contributed by atoms with Crippen LogP contribution in [0.3, 0.4) is 0 Å². The normalized spacial score (nSPS) is 10.2. The minimum absolute atomic E-state index is 0. The smallest absolute Gasteiger partial charge is 0.176 e. The maximum absolute atomic E-state index is 9.21. The molecule has 0 unspecified atom stereocenters. The molecule has 0 bridgehead atoms. The number of nitrogens with one attached hydrogen (secondary N) is 1. The van der Waals surface area contributed by atoms with E-state index < -0.39 is 0 Å². The van der Waals surface area contributed by atoms with Crippen LogP contribution >= 0.6 is 58.0 Å². The van der Waals surface area contributed by atoms with Crippen molar-refractivity contribution in [1.82, 2.24) is 34.5 Å². The molecule has 0 atom stereocenters. The maximum atomic E-state index is 9.21. The lowest BCUT2D eigenvalue weighted by Crippen LogP contribution is -3.00. The zero-order valence-electron chi connectivity index (χ0n) is 26.0. The Morgan fingerprint density at radius 2 is 1.19 bits per heavy atom. The Morgan fingerprint density at radius 3 is 1.65 bits per heavy atom. The molecule has 6 rings (SSSR count). The Hall–Kier alpha value is -3.84. The average Bonchev–Trinajstić information content (AvgIpc) is 3.69. The Bertz CT molecular complexity index is 2130. The Morgan fingerprint density at radius 1 is 0.750 bits per heavy atom. The highest BCUT2D eigenvalue weighted by atomic mass is 35.5. The molecule has 48 heavy (non-hydrogen) atoms. The first kappa shape index (κ1) is 38.6. The summed E-state index contributed by atoms with van der Waals surface area (Å²) in [5.41, 5.74) is 4.05. The summed E-state index contributed by atoms with van der Waals surface area (Å²) >= 11 is 31.5. The van der Waals surface area contributed by atoms with Gasteiger partial charge in [0.1, 0.15) is 44.5 Å². The molecule has 10 nitrogen and oxygen atoms in total. The van der Waals surface area contributed by atoms with E-state index in [-0.39, 0.29) is 27.9 Å². The molecule has 0 aliphatic rings. The first-order valence-corrected chi connectivity index (χ1v) is 16.0. The van der Waals surface area contributed by atoms with Crippen molar-refractivity contribution in [1.29, 1.82) is 10.5 Å². The van der Waals surface area contributed by atoms with E-state index in [0.29, 0.717) is 49.2 Å². The molecule has 4 heterocycles. The third-order valence-corrected chi connectivity index (χ3v) is 8.40. The van der Waals surface area contributed by atoms with Gasteiger partial charge in [0.25, 0.3) is 0 Å². The zero-order chi connectivity index (χ0) is 34.2. The summed E-state index contributed by atoms with van der Waals surface area (Å²) < 4.78 is 3.00. The minimum atomic E-state index is 0. The number of hydrogen-bond acceptors (Lipinski definition) is 8. The van der Waals surface area contributed by atoms with Gasteiger partial charge in [-0.1, -0.05) is 101 Å². The van der Waals surface area contributed by atoms with Crippen molar-refractivity contribution in [3.05, 3.63) is 97.6 Å². The van der Waals surface area contributed by atoms with E-state index in [2.05, 4.69) is 38.5 Å². The van der Waals surface area contributed by atoms with Gasteiger partial charge >= 0.3 is 0 Å². The zero-order valence-corrected chi connectivity index (χ0v) is 30.5. The number of anilines is 1. The van der Waals surface area contributed by atoms with Crippen LogP contribution in [0.15, 0.2) is 60.9 Å². The van der Waals surface area contributed by atoms with Crippen molar-refractivity contribution in [3.8, 4) is 34.4 Å². The Labute approximate surface area is 308 Å². The molecule has 248 valence electrons. The molecule has 0 radical (unpaired) electrons. The van der Waals surface area contributed by atoms with E-state index in [1.54, 1.807) is 28.8 Å². The first-order chi connectivity index (χ1) is 22.6. The summed E-state index contributed by atoms with van der Waals surface area (Å²) in [5.74, 6) is 0.747. The summed E-state index contributed by atoms with van der Waals surface area (Å²) in [6, 6.07) is 18.7. The summed E-state index contributed by atoms with van der Waals surface area (Å²) in [4.78, 5) is 10.5. The standard InChI is InChI=1S/C16H13Cl2N5.C13H5Cl3N4.C3H9N.ClH/c1-3-22(2)16-13(11-6-4-5-7-12(11)17)14(18)21-15-10(8-19)9-20-23(15)16;14-9-4-2-1-3-8(9)10-11(15)19-13-7(5-17)6-18-20(13)12(10)16;1-3-4-2;/h4-7,9H,3H2,1-2H3;1-4,6H;4H,3H2,1-2H3;1H/p-1. The van der Waals surface area contributed by atoms with Crippen molar-refractivity contribution in [3.63, 3.8) is 0 Å². The molecule has 1 N–H and O–H groups in total. The van der Waals surface area contributed by atoms with Gasteiger partial charge in [0.15, 0.2) is 11.3 Å². The fourth-order valence-corrected chi connectivity index (χ4v) is 5.69. The van der Waals surface area contributed by atoms with Gasteiger partial charge in [-0.2, -0.15) is 25.2 Å². The molecule has 0 saturated heterocycles. The molecule has 0 amide bonds. The lowest BCUT2D eigenvalue weighted by Gasteiger charge is -2.22. The lowest BCUT2D eigenvalue weighted by atomic mass is 10.1. The van der Waals surface area contributed by atoms with Crippen LogP contribution in [-0.2, 0) is 0 Å². The molecule has 0 aliphatic heterocycles. The van der Waals surface area contributed by atoms with Gasteiger partial charge in [0.05, 0.1) is 23.5 Å². The molecule has 4 aromatic heterocycles. The average molecular weight is 764 g/mol. The largest absolute Gasteiger partial charge is 1.00 e. The molecule has 16 heteroatoms. The summed E-state index contributed by atoms with van der Waals surface area (Å²) in [6.45, 7) is 5.89. The number of halogens is 6. The second kappa shape index (κ2) is 17.5. The topological polar surface area (TPSA) is 123 Å². The highest BCUT2D eigenvalue weighted by molar-refractivity contribution is 6.40. The van der Waals surface area contributed by atoms with Crippen LogP contribution in [0.25, 0.3) is 33.5 Å². The number of nitrogens with zero attached hydrogens (tertiary/aromatic N) is 9. The van der Waals surface area contributed by atoms with Gasteiger partial charge in [-0.15, -0.1) is 0 Å². The highest BCUT2D eigenvalue weighted by Gasteiger charge is 2.23. The van der Waals surface area contributed by atoms with Crippen LogP contribution in [0.1, 0.15) is 25.0 Å². The van der Waals surface area contributed by atoms with E-state index in [9.17, 15) is 5.26 Å². The minimum Gasteiger partial charge on any atom is -1.00 e. The van der Waals surface area contributed by atoms with Gasteiger partial charge in [-0.05, 0) is 32.6 Å². The molecular weight excluding hydrogens is 737 g/mol. The molecule has 0 fully saturated rings. The monoisotopic (exact) mass is 761 g/mol. The first-order valence-electron chi connectivity index (χ1n) is 14.1. The number of hydrogen-bond donors (Lipinski definition) is 1. The molecule has 2 aromatic carbocycles. The third-order valence-electron chi connectivity index (χ3n) is 6.84. The van der Waals surface area contributed by atoms with E-state index >= 15 is 0 Å². The van der Waals surface area contributed by atoms with Gasteiger partial charge in [0, 0.05) is 34.8 Å². The quantitative estimate of drug-likeness (QED) is 0.229. The Balaban J connectivity index is 0.000000232. The van der Waals surface area contributed by atoms with E-state index in [1.165, 1.54) is 16.9 Å². The van der Waals surface area contributed by atoms with Crippen LogP contribution in [-0.4, -0.2) is 56.4 Å². The highest BCUT2D eigenvalue weighted by Crippen LogP contribution is 2.40. The van der Waals surface area contributed by atoms with E-state index in [0.717, 1.165) is 24.5 Å². The Kier molecular flexibility index (Phi) is 14.1. The lowest BCUT2D eigenvalue weighted by molar-refractivity contribution is -0.00000980. The molecule has 6 aromatic rings. The van der Waals surface area contributed by atoms with Crippen LogP contribution in [0.5, 0.6) is 0 Å². The van der Waals surface area contributed by atoms with Crippen LogP contribution in [0, 0.1) is 22.7 Å². The molecule has 0 spiro atoms. The SMILES string of the molecule is CCN(C)c1c(-c2ccccc2Cl)c(Cl)nc2c(C#N)cnn12.CCNC.N#Cc1cnn2c(Cl)c(-c3ccccc3Cl)c(Cl)nc12.[Cl-]. The molecule has 0 aliphatic carbocycles. The number of nitriles is 2. The van der Waals surface area contributed by atoms with Crippen molar-refractivity contribution in [2.24, 2.45) is 0 Å². The number of aromatic nitrogens is 6. The van der Waals surface area contributed by atoms with Crippen LogP contribution in [0.2, 0.25) is 25.5 Å². The molecule has 0 saturated carbocycles. The van der Waals surface area contributed by atoms with E-state index in [1.807, 2.05) is 56.3 Å². The van der Waals surface area contributed by atoms with Crippen LogP contribution < -0.4 is 22.6 Å². The van der Waals surface area contributed by atoms with Crippen LogP contribution in [0.4, 0.5) is 5.82 Å². The second-order valence-corrected chi connectivity index (χ2v) is 11.5.